The summed E-state index contributed by atoms with van der Waals surface area (Å²) in [4.78, 5) is 16.2. The molecule has 31 heavy (non-hydrogen) atoms. The second-order valence-corrected chi connectivity index (χ2v) is 7.29. The second kappa shape index (κ2) is 8.28. The lowest BCUT2D eigenvalue weighted by atomic mass is 10.0. The average Bonchev–Trinajstić information content (AvgIpc) is 2.84. The molecule has 0 spiro atoms. The van der Waals surface area contributed by atoms with E-state index in [1.54, 1.807) is 31.6 Å². The first-order chi connectivity index (χ1) is 15.2. The van der Waals surface area contributed by atoms with Gasteiger partial charge in [0.1, 0.15) is 22.9 Å². The standard InChI is InChI=1S/C24H21FN4O2/c1-30-21-14-18(16-4-6-19(25)7-5-16)13-20-22(21)27-23(17-3-2-8-26-15-17)28-24(20)29-9-11-31-12-10-29/h2-8,13-15H,9-12H2,1H3. The maximum absolute atomic E-state index is 13.4. The van der Waals surface area contributed by atoms with Gasteiger partial charge in [0.05, 0.1) is 20.3 Å². The Kier molecular flexibility index (Phi) is 5.18. The molecule has 0 bridgehead atoms. The summed E-state index contributed by atoms with van der Waals surface area (Å²) < 4.78 is 24.7. The first kappa shape index (κ1) is 19.4. The van der Waals surface area contributed by atoms with E-state index in [1.807, 2.05) is 24.3 Å². The molecule has 156 valence electrons. The highest BCUT2D eigenvalue weighted by molar-refractivity contribution is 5.98. The molecule has 6 nitrogen and oxygen atoms in total. The van der Waals surface area contributed by atoms with Gasteiger partial charge in [-0.05, 0) is 47.5 Å². The first-order valence-electron chi connectivity index (χ1n) is 10.1. The molecule has 3 heterocycles. The third kappa shape index (κ3) is 3.80. The van der Waals surface area contributed by atoms with Crippen LogP contribution in [0, 0.1) is 5.82 Å². The van der Waals surface area contributed by atoms with E-state index < -0.39 is 0 Å². The van der Waals surface area contributed by atoms with Gasteiger partial charge in [-0.1, -0.05) is 12.1 Å². The highest BCUT2D eigenvalue weighted by Crippen LogP contribution is 2.37. The summed E-state index contributed by atoms with van der Waals surface area (Å²) in [6, 6.07) is 14.2. The van der Waals surface area contributed by atoms with Crippen molar-refractivity contribution in [2.45, 2.75) is 0 Å². The van der Waals surface area contributed by atoms with E-state index in [1.165, 1.54) is 12.1 Å². The number of morpholine rings is 1. The predicted octanol–water partition coefficient (Wildman–Crippen LogP) is 4.34. The Hall–Kier alpha value is -3.58. The fraction of sp³-hybridized carbons (Fsp3) is 0.208. The van der Waals surface area contributed by atoms with Crippen molar-refractivity contribution in [2.24, 2.45) is 0 Å². The molecule has 7 heteroatoms. The lowest BCUT2D eigenvalue weighted by molar-refractivity contribution is 0.122. The van der Waals surface area contributed by atoms with Crippen molar-refractivity contribution in [1.29, 1.82) is 0 Å². The van der Waals surface area contributed by atoms with Crippen LogP contribution in [0.25, 0.3) is 33.4 Å². The van der Waals surface area contributed by atoms with Gasteiger partial charge in [-0.25, -0.2) is 14.4 Å². The minimum atomic E-state index is -0.269. The third-order valence-electron chi connectivity index (χ3n) is 5.37. The van der Waals surface area contributed by atoms with Crippen molar-refractivity contribution < 1.29 is 13.9 Å². The molecule has 2 aromatic carbocycles. The van der Waals surface area contributed by atoms with Crippen LogP contribution in [-0.4, -0.2) is 48.4 Å². The number of hydrogen-bond donors (Lipinski definition) is 0. The van der Waals surface area contributed by atoms with E-state index in [2.05, 4.69) is 9.88 Å². The van der Waals surface area contributed by atoms with Gasteiger partial charge in [0.25, 0.3) is 0 Å². The van der Waals surface area contributed by atoms with E-state index in [-0.39, 0.29) is 5.82 Å². The van der Waals surface area contributed by atoms with E-state index in [0.717, 1.165) is 46.5 Å². The lowest BCUT2D eigenvalue weighted by Gasteiger charge is -2.29. The molecule has 0 saturated carbocycles. The number of halogens is 1. The predicted molar refractivity (Wildman–Crippen MR) is 118 cm³/mol. The Balaban J connectivity index is 1.75. The Labute approximate surface area is 179 Å². The van der Waals surface area contributed by atoms with E-state index in [9.17, 15) is 4.39 Å². The Morgan fingerprint density at radius 3 is 2.48 bits per heavy atom. The number of anilines is 1. The smallest absolute Gasteiger partial charge is 0.163 e. The van der Waals surface area contributed by atoms with Gasteiger partial charge in [-0.3, -0.25) is 4.98 Å². The molecule has 0 atom stereocenters. The zero-order valence-corrected chi connectivity index (χ0v) is 17.1. The van der Waals surface area contributed by atoms with Crippen molar-refractivity contribution in [2.75, 3.05) is 38.3 Å². The number of fused-ring (bicyclic) bond motifs is 1. The minimum Gasteiger partial charge on any atom is -0.494 e. The number of ether oxygens (including phenoxy) is 2. The van der Waals surface area contributed by atoms with Crippen molar-refractivity contribution >= 4 is 16.7 Å². The van der Waals surface area contributed by atoms with Crippen molar-refractivity contribution in [3.8, 4) is 28.3 Å². The highest BCUT2D eigenvalue weighted by Gasteiger charge is 2.21. The van der Waals surface area contributed by atoms with Crippen LogP contribution in [0.4, 0.5) is 10.2 Å². The monoisotopic (exact) mass is 416 g/mol. The SMILES string of the molecule is COc1cc(-c2ccc(F)cc2)cc2c(N3CCOCC3)nc(-c3cccnc3)nc12. The number of hydrogen-bond acceptors (Lipinski definition) is 6. The van der Waals surface area contributed by atoms with Gasteiger partial charge < -0.3 is 14.4 Å². The molecule has 0 aliphatic carbocycles. The van der Waals surface area contributed by atoms with Gasteiger partial charge in [0, 0.05) is 36.4 Å². The summed E-state index contributed by atoms with van der Waals surface area (Å²) in [5, 5.41) is 0.883. The maximum Gasteiger partial charge on any atom is 0.163 e. The summed E-state index contributed by atoms with van der Waals surface area (Å²) in [6.07, 6.45) is 3.48. The molecule has 5 rings (SSSR count). The second-order valence-electron chi connectivity index (χ2n) is 7.29. The van der Waals surface area contributed by atoms with E-state index in [4.69, 9.17) is 19.4 Å². The number of benzene rings is 2. The highest BCUT2D eigenvalue weighted by atomic mass is 19.1. The van der Waals surface area contributed by atoms with E-state index in [0.29, 0.717) is 24.8 Å². The summed E-state index contributed by atoms with van der Waals surface area (Å²) in [5.74, 6) is 1.79. The van der Waals surface area contributed by atoms with Gasteiger partial charge >= 0.3 is 0 Å². The number of nitrogens with zero attached hydrogens (tertiary/aromatic N) is 4. The topological polar surface area (TPSA) is 60.4 Å². The fourth-order valence-electron chi connectivity index (χ4n) is 3.79. The Bertz CT molecular complexity index is 1210. The number of aromatic nitrogens is 3. The first-order valence-corrected chi connectivity index (χ1v) is 10.1. The number of methoxy groups -OCH3 is 1. The fourth-order valence-corrected chi connectivity index (χ4v) is 3.79. The molecule has 4 aromatic rings. The largest absolute Gasteiger partial charge is 0.494 e. The Morgan fingerprint density at radius 1 is 0.968 bits per heavy atom. The number of rotatable bonds is 4. The van der Waals surface area contributed by atoms with Crippen LogP contribution in [0.5, 0.6) is 5.75 Å². The zero-order chi connectivity index (χ0) is 21.2. The van der Waals surface area contributed by atoms with Crippen LogP contribution in [0.15, 0.2) is 60.9 Å². The van der Waals surface area contributed by atoms with Gasteiger partial charge in [0.2, 0.25) is 0 Å². The molecule has 0 amide bonds. The maximum atomic E-state index is 13.4. The van der Waals surface area contributed by atoms with Crippen molar-refractivity contribution in [3.05, 3.63) is 66.7 Å². The third-order valence-corrected chi connectivity index (χ3v) is 5.37. The lowest BCUT2D eigenvalue weighted by Crippen LogP contribution is -2.37. The molecule has 0 radical (unpaired) electrons. The number of pyridine rings is 1. The molecule has 2 aromatic heterocycles. The summed E-state index contributed by atoms with van der Waals surface area (Å²) in [6.45, 7) is 2.76. The Morgan fingerprint density at radius 2 is 1.77 bits per heavy atom. The molecular formula is C24H21FN4O2. The molecule has 0 unspecified atom stereocenters. The van der Waals surface area contributed by atoms with Gasteiger partial charge in [-0.15, -0.1) is 0 Å². The summed E-state index contributed by atoms with van der Waals surface area (Å²) >= 11 is 0. The molecular weight excluding hydrogens is 395 g/mol. The van der Waals surface area contributed by atoms with Crippen molar-refractivity contribution in [1.82, 2.24) is 15.0 Å². The molecule has 1 saturated heterocycles. The van der Waals surface area contributed by atoms with Crippen LogP contribution in [0.1, 0.15) is 0 Å². The minimum absolute atomic E-state index is 0.269. The molecule has 1 fully saturated rings. The summed E-state index contributed by atoms with van der Waals surface area (Å²) in [5.41, 5.74) is 3.37. The molecule has 1 aliphatic rings. The van der Waals surface area contributed by atoms with Crippen LogP contribution < -0.4 is 9.64 Å². The van der Waals surface area contributed by atoms with Gasteiger partial charge in [0.15, 0.2) is 5.82 Å². The summed E-state index contributed by atoms with van der Waals surface area (Å²) in [7, 11) is 1.63. The molecule has 1 aliphatic heterocycles. The van der Waals surface area contributed by atoms with E-state index >= 15 is 0 Å². The normalized spacial score (nSPS) is 14.1. The van der Waals surface area contributed by atoms with Crippen LogP contribution in [-0.2, 0) is 4.74 Å². The van der Waals surface area contributed by atoms with Crippen LogP contribution in [0.2, 0.25) is 0 Å². The molecule has 0 N–H and O–H groups in total. The van der Waals surface area contributed by atoms with Crippen molar-refractivity contribution in [3.63, 3.8) is 0 Å². The van der Waals surface area contributed by atoms with Gasteiger partial charge in [-0.2, -0.15) is 0 Å². The quantitative estimate of drug-likeness (QED) is 0.493. The van der Waals surface area contributed by atoms with Crippen LogP contribution in [0.3, 0.4) is 0 Å². The average molecular weight is 416 g/mol. The zero-order valence-electron chi connectivity index (χ0n) is 17.1. The van der Waals surface area contributed by atoms with Crippen LogP contribution >= 0.6 is 0 Å².